The van der Waals surface area contributed by atoms with Gasteiger partial charge in [-0.3, -0.25) is 4.90 Å². The highest BCUT2D eigenvalue weighted by Gasteiger charge is 2.27. The Morgan fingerprint density at radius 1 is 1.41 bits per heavy atom. The minimum absolute atomic E-state index is 0.233. The number of piperidine rings is 1. The fourth-order valence-electron chi connectivity index (χ4n) is 1.97. The largest absolute Gasteiger partial charge is 0.444 e. The molecule has 0 bridgehead atoms. The second-order valence-electron chi connectivity index (χ2n) is 5.62. The molecule has 0 radical (unpaired) electrons. The molecule has 0 aromatic carbocycles. The fraction of sp³-hybridized carbons (Fsp3) is 0.917. The molecule has 17 heavy (non-hydrogen) atoms. The normalized spacial score (nSPS) is 19.1. The van der Waals surface area contributed by atoms with E-state index in [1.165, 1.54) is 0 Å². The molecule has 0 atom stereocenters. The minimum atomic E-state index is -0.427. The van der Waals surface area contributed by atoms with E-state index in [9.17, 15) is 4.79 Å². The van der Waals surface area contributed by atoms with Crippen LogP contribution >= 0.6 is 0 Å². The highest BCUT2D eigenvalue weighted by molar-refractivity contribution is 5.68. The molecule has 5 nitrogen and oxygen atoms in total. The van der Waals surface area contributed by atoms with E-state index in [1.807, 2.05) is 27.8 Å². The van der Waals surface area contributed by atoms with E-state index in [4.69, 9.17) is 10.5 Å². The Morgan fingerprint density at radius 3 is 2.35 bits per heavy atom. The van der Waals surface area contributed by atoms with Crippen molar-refractivity contribution in [3.63, 3.8) is 0 Å². The number of hydrogen-bond acceptors (Lipinski definition) is 4. The van der Waals surface area contributed by atoms with Crippen LogP contribution in [0.3, 0.4) is 0 Å². The third-order valence-corrected chi connectivity index (χ3v) is 3.04. The number of amides is 1. The molecule has 1 heterocycles. The quantitative estimate of drug-likeness (QED) is 0.792. The van der Waals surface area contributed by atoms with Crippen LogP contribution in [0, 0.1) is 0 Å². The molecule has 1 aliphatic heterocycles. The predicted molar refractivity (Wildman–Crippen MR) is 67.6 cm³/mol. The zero-order valence-corrected chi connectivity index (χ0v) is 11.4. The first-order valence-electron chi connectivity index (χ1n) is 6.21. The summed E-state index contributed by atoms with van der Waals surface area (Å²) in [6.45, 7) is 8.16. The van der Waals surface area contributed by atoms with Crippen LogP contribution in [0.4, 0.5) is 4.79 Å². The Bertz CT molecular complexity index is 255. The summed E-state index contributed by atoms with van der Waals surface area (Å²) in [6.07, 6.45) is 1.70. The molecule has 0 unspecified atom stereocenters. The third-order valence-electron chi connectivity index (χ3n) is 3.04. The Hall–Kier alpha value is -0.810. The molecule has 1 saturated heterocycles. The molecule has 1 aliphatic rings. The van der Waals surface area contributed by atoms with Crippen molar-refractivity contribution in [3.05, 3.63) is 0 Å². The van der Waals surface area contributed by atoms with Gasteiger partial charge in [0.05, 0.1) is 0 Å². The van der Waals surface area contributed by atoms with Gasteiger partial charge in [0, 0.05) is 32.8 Å². The highest BCUT2D eigenvalue weighted by atomic mass is 16.6. The van der Waals surface area contributed by atoms with Crippen LogP contribution in [0.25, 0.3) is 0 Å². The molecule has 1 fully saturated rings. The van der Waals surface area contributed by atoms with Crippen LogP contribution < -0.4 is 5.73 Å². The molecular weight excluding hydrogens is 218 g/mol. The first-order chi connectivity index (χ1) is 7.83. The monoisotopic (exact) mass is 243 g/mol. The second-order valence-corrected chi connectivity index (χ2v) is 5.62. The van der Waals surface area contributed by atoms with Gasteiger partial charge in [0.2, 0.25) is 0 Å². The molecule has 100 valence electrons. The maximum atomic E-state index is 11.9. The maximum Gasteiger partial charge on any atom is 0.410 e. The highest BCUT2D eigenvalue weighted by Crippen LogP contribution is 2.17. The van der Waals surface area contributed by atoms with Gasteiger partial charge in [0.15, 0.2) is 0 Å². The number of ether oxygens (including phenoxy) is 1. The van der Waals surface area contributed by atoms with Crippen LogP contribution in [0.2, 0.25) is 0 Å². The van der Waals surface area contributed by atoms with Crippen molar-refractivity contribution in [2.24, 2.45) is 5.73 Å². The summed E-state index contributed by atoms with van der Waals surface area (Å²) in [6, 6.07) is 0.271. The van der Waals surface area contributed by atoms with Crippen molar-refractivity contribution in [2.75, 3.05) is 26.8 Å². The van der Waals surface area contributed by atoms with Gasteiger partial charge in [-0.15, -0.1) is 0 Å². The summed E-state index contributed by atoms with van der Waals surface area (Å²) in [7, 11) is 1.82. The van der Waals surface area contributed by atoms with Crippen LogP contribution in [-0.2, 0) is 4.74 Å². The van der Waals surface area contributed by atoms with E-state index in [2.05, 4.69) is 4.90 Å². The number of likely N-dealkylation sites (tertiary alicyclic amines) is 1. The number of nitrogens with two attached hydrogens (primary N) is 1. The van der Waals surface area contributed by atoms with E-state index in [1.54, 1.807) is 4.90 Å². The van der Waals surface area contributed by atoms with E-state index < -0.39 is 5.60 Å². The van der Waals surface area contributed by atoms with Gasteiger partial charge in [-0.05, 0) is 33.6 Å². The Morgan fingerprint density at radius 2 is 1.94 bits per heavy atom. The molecule has 0 saturated carbocycles. The zero-order valence-electron chi connectivity index (χ0n) is 11.4. The predicted octanol–water partition coefficient (Wildman–Crippen LogP) is 1.23. The molecule has 0 spiro atoms. The Balaban J connectivity index is 2.43. The number of carbonyl (C=O) groups excluding carboxylic acids is 1. The molecule has 0 aromatic heterocycles. The van der Waals surface area contributed by atoms with Gasteiger partial charge < -0.3 is 15.4 Å². The first kappa shape index (κ1) is 14.3. The fourth-order valence-corrected chi connectivity index (χ4v) is 1.97. The molecule has 2 N–H and O–H groups in total. The van der Waals surface area contributed by atoms with Gasteiger partial charge in [-0.1, -0.05) is 0 Å². The van der Waals surface area contributed by atoms with Crippen LogP contribution in [0.15, 0.2) is 0 Å². The SMILES string of the molecule is CN(C(=O)OC(C)(C)C)C1CCN(CN)CC1. The van der Waals surface area contributed by atoms with Crippen LogP contribution in [0.1, 0.15) is 33.6 Å². The summed E-state index contributed by atoms with van der Waals surface area (Å²) < 4.78 is 5.35. The summed E-state index contributed by atoms with van der Waals surface area (Å²) in [5.74, 6) is 0. The van der Waals surface area contributed by atoms with E-state index >= 15 is 0 Å². The molecule has 1 amide bonds. The molecule has 1 rings (SSSR count). The number of carbonyl (C=O) groups is 1. The third kappa shape index (κ3) is 4.52. The van der Waals surface area contributed by atoms with Gasteiger partial charge in [0.1, 0.15) is 5.60 Å². The summed E-state index contributed by atoms with van der Waals surface area (Å²) >= 11 is 0. The topological polar surface area (TPSA) is 58.8 Å². The van der Waals surface area contributed by atoms with Crippen molar-refractivity contribution in [1.29, 1.82) is 0 Å². The lowest BCUT2D eigenvalue weighted by Crippen LogP contribution is -2.48. The zero-order chi connectivity index (χ0) is 13.1. The summed E-state index contributed by atoms with van der Waals surface area (Å²) in [4.78, 5) is 15.8. The van der Waals surface area contributed by atoms with Gasteiger partial charge in [0.25, 0.3) is 0 Å². The smallest absolute Gasteiger partial charge is 0.410 e. The Labute approximate surface area is 104 Å². The molecule has 0 aliphatic carbocycles. The standard InChI is InChI=1S/C12H25N3O2/c1-12(2,3)17-11(16)14(4)10-5-7-15(9-13)8-6-10/h10H,5-9,13H2,1-4H3. The maximum absolute atomic E-state index is 11.9. The number of rotatable bonds is 2. The van der Waals surface area contributed by atoms with Gasteiger partial charge >= 0.3 is 6.09 Å². The molecule has 0 aromatic rings. The van der Waals surface area contributed by atoms with Crippen LogP contribution in [0.5, 0.6) is 0 Å². The lowest BCUT2D eigenvalue weighted by molar-refractivity contribution is 0.0154. The summed E-state index contributed by atoms with van der Waals surface area (Å²) in [5, 5.41) is 0. The van der Waals surface area contributed by atoms with E-state index in [-0.39, 0.29) is 12.1 Å². The number of hydrogen-bond donors (Lipinski definition) is 1. The number of nitrogens with zero attached hydrogens (tertiary/aromatic N) is 2. The van der Waals surface area contributed by atoms with Crippen molar-refractivity contribution in [1.82, 2.24) is 9.80 Å². The van der Waals surface area contributed by atoms with Crippen molar-refractivity contribution in [2.45, 2.75) is 45.3 Å². The summed E-state index contributed by atoms with van der Waals surface area (Å²) in [5.41, 5.74) is 5.16. The molecular formula is C12H25N3O2. The average molecular weight is 243 g/mol. The average Bonchev–Trinajstić information content (AvgIpc) is 2.26. The van der Waals surface area contributed by atoms with E-state index in [0.29, 0.717) is 6.67 Å². The van der Waals surface area contributed by atoms with Crippen molar-refractivity contribution >= 4 is 6.09 Å². The van der Waals surface area contributed by atoms with Gasteiger partial charge in [-0.2, -0.15) is 0 Å². The van der Waals surface area contributed by atoms with Crippen LogP contribution in [-0.4, -0.2) is 54.3 Å². The molecule has 5 heteroatoms. The second kappa shape index (κ2) is 5.69. The lowest BCUT2D eigenvalue weighted by Gasteiger charge is -2.36. The Kier molecular flexibility index (Phi) is 4.77. The van der Waals surface area contributed by atoms with E-state index in [0.717, 1.165) is 25.9 Å². The van der Waals surface area contributed by atoms with Crippen molar-refractivity contribution in [3.8, 4) is 0 Å². The first-order valence-corrected chi connectivity index (χ1v) is 6.21. The minimum Gasteiger partial charge on any atom is -0.444 e. The van der Waals surface area contributed by atoms with Gasteiger partial charge in [-0.25, -0.2) is 4.79 Å². The van der Waals surface area contributed by atoms with Crippen molar-refractivity contribution < 1.29 is 9.53 Å². The lowest BCUT2D eigenvalue weighted by atomic mass is 10.0.